The van der Waals surface area contributed by atoms with Crippen LogP contribution in [0.4, 0.5) is 11.4 Å². The minimum atomic E-state index is -0.0157. The third-order valence-corrected chi connectivity index (χ3v) is 4.37. The predicted molar refractivity (Wildman–Crippen MR) is 94.6 cm³/mol. The lowest BCUT2D eigenvalue weighted by atomic mass is 10.1. The highest BCUT2D eigenvalue weighted by Gasteiger charge is 2.21. The number of hydrogen-bond acceptors (Lipinski definition) is 3. The van der Waals surface area contributed by atoms with Crippen molar-refractivity contribution in [3.05, 3.63) is 46.7 Å². The molecule has 1 aliphatic heterocycles. The van der Waals surface area contributed by atoms with Crippen molar-refractivity contribution >= 4 is 28.9 Å². The van der Waals surface area contributed by atoms with Crippen LogP contribution < -0.4 is 9.80 Å². The van der Waals surface area contributed by atoms with E-state index in [4.69, 9.17) is 11.6 Å². The van der Waals surface area contributed by atoms with Crippen LogP contribution in [-0.4, -0.2) is 50.0 Å². The van der Waals surface area contributed by atoms with Crippen molar-refractivity contribution in [3.8, 4) is 0 Å². The molecule has 0 saturated carbocycles. The first-order valence-corrected chi connectivity index (χ1v) is 7.98. The van der Waals surface area contributed by atoms with Crippen LogP contribution in [0, 0.1) is 0 Å². The summed E-state index contributed by atoms with van der Waals surface area (Å²) in [4.78, 5) is 21.3. The molecule has 6 heteroatoms. The number of hydrogen-bond donors (Lipinski definition) is 1. The summed E-state index contributed by atoms with van der Waals surface area (Å²) in [7, 11) is 5.59. The summed E-state index contributed by atoms with van der Waals surface area (Å²) in [6, 6.07) is 9.79. The summed E-state index contributed by atoms with van der Waals surface area (Å²) in [5.74, 6) is -0.0157. The Balaban J connectivity index is 1.83. The molecule has 0 spiro atoms. The van der Waals surface area contributed by atoms with Gasteiger partial charge in [0, 0.05) is 44.9 Å². The molecule has 122 valence electrons. The van der Waals surface area contributed by atoms with Crippen molar-refractivity contribution in [3.63, 3.8) is 0 Å². The molecule has 0 saturated heterocycles. The summed E-state index contributed by atoms with van der Waals surface area (Å²) in [5.41, 5.74) is 3.94. The van der Waals surface area contributed by atoms with Gasteiger partial charge in [0.2, 0.25) is 0 Å². The number of rotatable bonds is 3. The van der Waals surface area contributed by atoms with Gasteiger partial charge < -0.3 is 19.7 Å². The van der Waals surface area contributed by atoms with Gasteiger partial charge in [0.25, 0.3) is 5.91 Å². The second-order valence-corrected chi connectivity index (χ2v) is 6.51. The first-order chi connectivity index (χ1) is 11.0. The molecule has 0 unspecified atom stereocenters. The van der Waals surface area contributed by atoms with Crippen LogP contribution in [0.5, 0.6) is 0 Å². The van der Waals surface area contributed by atoms with E-state index in [2.05, 4.69) is 27.9 Å². The molecular weight excluding hydrogens is 312 g/mol. The van der Waals surface area contributed by atoms with Crippen LogP contribution in [0.3, 0.4) is 0 Å². The Hall–Kier alpha value is -2.14. The predicted octanol–water partition coefficient (Wildman–Crippen LogP) is 2.83. The lowest BCUT2D eigenvalue weighted by Gasteiger charge is -2.37. The number of anilines is 2. The molecule has 5 nitrogen and oxygen atoms in total. The van der Waals surface area contributed by atoms with E-state index in [1.165, 1.54) is 5.69 Å². The fourth-order valence-corrected chi connectivity index (χ4v) is 3.02. The number of aromatic amines is 1. The van der Waals surface area contributed by atoms with E-state index in [1.54, 1.807) is 19.0 Å². The van der Waals surface area contributed by atoms with Gasteiger partial charge in [-0.15, -0.1) is 0 Å². The number of carbonyl (C=O) groups is 1. The topological polar surface area (TPSA) is 42.6 Å². The summed E-state index contributed by atoms with van der Waals surface area (Å²) in [5, 5.41) is 0.735. The van der Waals surface area contributed by atoms with Gasteiger partial charge in [0.15, 0.2) is 0 Å². The van der Waals surface area contributed by atoms with Gasteiger partial charge in [-0.1, -0.05) is 11.6 Å². The average Bonchev–Trinajstić information content (AvgIpc) is 2.97. The molecule has 1 amide bonds. The maximum atomic E-state index is 12.0. The SMILES string of the molecule is CN(C)C(=O)c1ccc(CN2CCN(C)c3ccc(Cl)cc32)[nH]1. The zero-order valence-corrected chi connectivity index (χ0v) is 14.4. The van der Waals surface area contributed by atoms with E-state index in [1.807, 2.05) is 24.3 Å². The molecular formula is C17H21ClN4O. The van der Waals surface area contributed by atoms with Gasteiger partial charge in [-0.3, -0.25) is 4.79 Å². The number of H-pyrrole nitrogens is 1. The minimum Gasteiger partial charge on any atom is -0.371 e. The lowest BCUT2D eigenvalue weighted by molar-refractivity contribution is 0.0822. The number of likely N-dealkylation sites (N-methyl/N-ethyl adjacent to an activating group) is 1. The number of aromatic nitrogens is 1. The number of halogens is 1. The van der Waals surface area contributed by atoms with Crippen LogP contribution in [-0.2, 0) is 6.54 Å². The second-order valence-electron chi connectivity index (χ2n) is 6.07. The number of benzene rings is 1. The smallest absolute Gasteiger partial charge is 0.269 e. The number of fused-ring (bicyclic) bond motifs is 1. The Bertz CT molecular complexity index is 725. The number of amides is 1. The quantitative estimate of drug-likeness (QED) is 0.940. The third-order valence-electron chi connectivity index (χ3n) is 4.14. The first kappa shape index (κ1) is 15.7. The van der Waals surface area contributed by atoms with Crippen LogP contribution >= 0.6 is 11.6 Å². The fraction of sp³-hybridized carbons (Fsp3) is 0.353. The zero-order chi connectivity index (χ0) is 16.6. The van der Waals surface area contributed by atoms with Gasteiger partial charge in [0.1, 0.15) is 5.69 Å². The molecule has 0 radical (unpaired) electrons. The van der Waals surface area contributed by atoms with E-state index in [9.17, 15) is 4.79 Å². The molecule has 0 aliphatic carbocycles. The Morgan fingerprint density at radius 1 is 1.22 bits per heavy atom. The molecule has 1 aromatic heterocycles. The Labute approximate surface area is 141 Å². The standard InChI is InChI=1S/C17H21ClN4O/c1-20(2)17(23)14-6-5-13(19-14)11-22-9-8-21(3)15-7-4-12(18)10-16(15)22/h4-7,10,19H,8-9,11H2,1-3H3. The normalized spacial score (nSPS) is 13.9. The molecule has 23 heavy (non-hydrogen) atoms. The molecule has 3 rings (SSSR count). The van der Waals surface area contributed by atoms with Crippen molar-refractivity contribution in [2.24, 2.45) is 0 Å². The van der Waals surface area contributed by atoms with E-state index >= 15 is 0 Å². The van der Waals surface area contributed by atoms with E-state index in [0.29, 0.717) is 5.69 Å². The highest BCUT2D eigenvalue weighted by Crippen LogP contribution is 2.35. The Morgan fingerprint density at radius 3 is 2.74 bits per heavy atom. The molecule has 2 heterocycles. The Kier molecular flexibility index (Phi) is 4.22. The number of nitrogens with one attached hydrogen (secondary N) is 1. The monoisotopic (exact) mass is 332 g/mol. The maximum absolute atomic E-state index is 12.0. The first-order valence-electron chi connectivity index (χ1n) is 7.61. The molecule has 1 N–H and O–H groups in total. The van der Waals surface area contributed by atoms with E-state index in [0.717, 1.165) is 36.0 Å². The van der Waals surface area contributed by atoms with Crippen LogP contribution in [0.25, 0.3) is 0 Å². The average molecular weight is 333 g/mol. The summed E-state index contributed by atoms with van der Waals surface area (Å²) in [6.45, 7) is 2.60. The zero-order valence-electron chi connectivity index (χ0n) is 13.6. The van der Waals surface area contributed by atoms with Crippen LogP contribution in [0.1, 0.15) is 16.2 Å². The van der Waals surface area contributed by atoms with Gasteiger partial charge >= 0.3 is 0 Å². The number of carbonyl (C=O) groups excluding carboxylic acids is 1. The summed E-state index contributed by atoms with van der Waals surface area (Å²) in [6.07, 6.45) is 0. The van der Waals surface area contributed by atoms with E-state index < -0.39 is 0 Å². The molecule has 0 bridgehead atoms. The molecule has 2 aromatic rings. The summed E-state index contributed by atoms with van der Waals surface area (Å²) >= 11 is 6.17. The highest BCUT2D eigenvalue weighted by atomic mass is 35.5. The summed E-state index contributed by atoms with van der Waals surface area (Å²) < 4.78 is 0. The lowest BCUT2D eigenvalue weighted by Crippen LogP contribution is -2.38. The minimum absolute atomic E-state index is 0.0157. The van der Waals surface area contributed by atoms with Crippen LogP contribution in [0.2, 0.25) is 5.02 Å². The molecule has 0 fully saturated rings. The van der Waals surface area contributed by atoms with Gasteiger partial charge in [-0.2, -0.15) is 0 Å². The van der Waals surface area contributed by atoms with Gasteiger partial charge in [0.05, 0.1) is 17.9 Å². The van der Waals surface area contributed by atoms with Crippen LogP contribution in [0.15, 0.2) is 30.3 Å². The third kappa shape index (κ3) is 3.15. The second kappa shape index (κ2) is 6.16. The van der Waals surface area contributed by atoms with Crippen molar-refractivity contribution in [2.45, 2.75) is 6.54 Å². The fourth-order valence-electron chi connectivity index (χ4n) is 2.85. The number of nitrogens with zero attached hydrogens (tertiary/aromatic N) is 3. The van der Waals surface area contributed by atoms with Crippen molar-refractivity contribution < 1.29 is 4.79 Å². The maximum Gasteiger partial charge on any atom is 0.269 e. The molecule has 1 aliphatic rings. The van der Waals surface area contributed by atoms with Gasteiger partial charge in [-0.05, 0) is 30.3 Å². The van der Waals surface area contributed by atoms with Crippen molar-refractivity contribution in [1.82, 2.24) is 9.88 Å². The Morgan fingerprint density at radius 2 is 2.00 bits per heavy atom. The van der Waals surface area contributed by atoms with Gasteiger partial charge in [-0.25, -0.2) is 0 Å². The van der Waals surface area contributed by atoms with Crippen molar-refractivity contribution in [2.75, 3.05) is 44.0 Å². The molecule has 0 atom stereocenters. The molecule has 1 aromatic carbocycles. The van der Waals surface area contributed by atoms with Crippen molar-refractivity contribution in [1.29, 1.82) is 0 Å². The highest BCUT2D eigenvalue weighted by molar-refractivity contribution is 6.31. The largest absolute Gasteiger partial charge is 0.371 e. The van der Waals surface area contributed by atoms with E-state index in [-0.39, 0.29) is 5.91 Å².